The Labute approximate surface area is 138 Å². The van der Waals surface area contributed by atoms with Gasteiger partial charge in [0.25, 0.3) is 0 Å². The van der Waals surface area contributed by atoms with Crippen molar-refractivity contribution < 1.29 is 4.74 Å². The molecule has 0 amide bonds. The number of hydrogen-bond acceptors (Lipinski definition) is 3. The van der Waals surface area contributed by atoms with Gasteiger partial charge in [-0.25, -0.2) is 0 Å². The molecule has 21 heavy (non-hydrogen) atoms. The molecule has 0 aliphatic carbocycles. The minimum atomic E-state index is 0.217. The van der Waals surface area contributed by atoms with Crippen molar-refractivity contribution in [2.45, 2.75) is 32.2 Å². The standard InChI is InChI=1S/C17H20BrNOS/c1-2-8-19-16(15-10-13(18)11-21-15)14-7-3-5-12-6-4-9-20-17(12)14/h3,5,7,10-11,16,19H,2,4,6,8-9H2,1H3. The maximum atomic E-state index is 6.00. The summed E-state index contributed by atoms with van der Waals surface area (Å²) in [6.45, 7) is 4.04. The molecule has 1 N–H and O–H groups in total. The lowest BCUT2D eigenvalue weighted by molar-refractivity contribution is 0.283. The van der Waals surface area contributed by atoms with Crippen molar-refractivity contribution in [2.75, 3.05) is 13.2 Å². The monoisotopic (exact) mass is 365 g/mol. The Kier molecular flexibility index (Phi) is 4.99. The molecular weight excluding hydrogens is 346 g/mol. The molecular formula is C17H20BrNOS. The van der Waals surface area contributed by atoms with Crippen LogP contribution in [0.1, 0.15) is 41.8 Å². The van der Waals surface area contributed by atoms with Crippen molar-refractivity contribution in [3.8, 4) is 5.75 Å². The van der Waals surface area contributed by atoms with E-state index in [0.29, 0.717) is 0 Å². The summed E-state index contributed by atoms with van der Waals surface area (Å²) in [7, 11) is 0. The van der Waals surface area contributed by atoms with Crippen LogP contribution in [0, 0.1) is 0 Å². The number of halogens is 1. The van der Waals surface area contributed by atoms with Gasteiger partial charge in [-0.1, -0.05) is 25.1 Å². The Balaban J connectivity index is 2.00. The van der Waals surface area contributed by atoms with Crippen LogP contribution in [0.15, 0.2) is 34.1 Å². The van der Waals surface area contributed by atoms with E-state index in [9.17, 15) is 0 Å². The van der Waals surface area contributed by atoms with Crippen LogP contribution in [0.25, 0.3) is 0 Å². The van der Waals surface area contributed by atoms with Crippen LogP contribution in [0.3, 0.4) is 0 Å². The molecule has 1 aliphatic heterocycles. The zero-order chi connectivity index (χ0) is 14.7. The van der Waals surface area contributed by atoms with E-state index in [1.54, 1.807) is 11.3 Å². The third-order valence-electron chi connectivity index (χ3n) is 3.75. The van der Waals surface area contributed by atoms with Crippen LogP contribution in [0.5, 0.6) is 5.75 Å². The fourth-order valence-corrected chi connectivity index (χ4v) is 4.31. The summed E-state index contributed by atoms with van der Waals surface area (Å²) < 4.78 is 7.15. The zero-order valence-electron chi connectivity index (χ0n) is 12.2. The van der Waals surface area contributed by atoms with Crippen molar-refractivity contribution in [1.29, 1.82) is 0 Å². The van der Waals surface area contributed by atoms with E-state index in [0.717, 1.165) is 42.6 Å². The molecule has 1 aromatic carbocycles. The molecule has 2 aromatic rings. The van der Waals surface area contributed by atoms with Gasteiger partial charge >= 0.3 is 0 Å². The second kappa shape index (κ2) is 6.95. The summed E-state index contributed by atoms with van der Waals surface area (Å²) >= 11 is 5.36. The number of nitrogens with one attached hydrogen (secondary N) is 1. The molecule has 1 aliphatic rings. The van der Waals surface area contributed by atoms with Gasteiger partial charge in [0, 0.05) is 20.3 Å². The molecule has 0 spiro atoms. The average Bonchev–Trinajstić information content (AvgIpc) is 2.94. The van der Waals surface area contributed by atoms with Gasteiger partial charge in [0.15, 0.2) is 0 Å². The third kappa shape index (κ3) is 3.33. The van der Waals surface area contributed by atoms with Gasteiger partial charge in [-0.05, 0) is 53.4 Å². The van der Waals surface area contributed by atoms with Crippen molar-refractivity contribution >= 4 is 27.3 Å². The van der Waals surface area contributed by atoms with Crippen LogP contribution >= 0.6 is 27.3 Å². The van der Waals surface area contributed by atoms with E-state index >= 15 is 0 Å². The lowest BCUT2D eigenvalue weighted by atomic mass is 9.97. The number of ether oxygens (including phenoxy) is 1. The van der Waals surface area contributed by atoms with Crippen molar-refractivity contribution in [1.82, 2.24) is 5.32 Å². The maximum absolute atomic E-state index is 6.00. The summed E-state index contributed by atoms with van der Waals surface area (Å²) in [6.07, 6.45) is 3.37. The van der Waals surface area contributed by atoms with Gasteiger partial charge in [0.05, 0.1) is 12.6 Å². The fraction of sp³-hybridized carbons (Fsp3) is 0.412. The first-order valence-electron chi connectivity index (χ1n) is 7.51. The molecule has 0 saturated carbocycles. The number of hydrogen-bond donors (Lipinski definition) is 1. The predicted octanol–water partition coefficient (Wildman–Crippen LogP) is 4.92. The van der Waals surface area contributed by atoms with Crippen LogP contribution in [0.2, 0.25) is 0 Å². The van der Waals surface area contributed by atoms with Gasteiger partial charge in [0.1, 0.15) is 5.75 Å². The molecule has 112 valence electrons. The van der Waals surface area contributed by atoms with Crippen molar-refractivity contribution in [2.24, 2.45) is 0 Å². The SMILES string of the molecule is CCCNC(c1cc(Br)cs1)c1cccc2c1OCCC2. The highest BCUT2D eigenvalue weighted by atomic mass is 79.9. The fourth-order valence-electron chi connectivity index (χ4n) is 2.77. The molecule has 1 unspecified atom stereocenters. The summed E-state index contributed by atoms with van der Waals surface area (Å²) in [4.78, 5) is 1.33. The molecule has 0 radical (unpaired) electrons. The van der Waals surface area contributed by atoms with Gasteiger partial charge < -0.3 is 10.1 Å². The second-order valence-electron chi connectivity index (χ2n) is 5.34. The van der Waals surface area contributed by atoms with E-state index in [-0.39, 0.29) is 6.04 Å². The number of fused-ring (bicyclic) bond motifs is 1. The summed E-state index contributed by atoms with van der Waals surface area (Å²) in [5.41, 5.74) is 2.62. The van der Waals surface area contributed by atoms with Crippen molar-refractivity contribution in [3.05, 3.63) is 50.1 Å². The Morgan fingerprint density at radius 1 is 1.43 bits per heavy atom. The number of benzene rings is 1. The largest absolute Gasteiger partial charge is 0.493 e. The first kappa shape index (κ1) is 15.1. The molecule has 2 heterocycles. The lowest BCUT2D eigenvalue weighted by Gasteiger charge is -2.25. The summed E-state index contributed by atoms with van der Waals surface area (Å²) in [6, 6.07) is 8.98. The molecule has 2 nitrogen and oxygen atoms in total. The zero-order valence-corrected chi connectivity index (χ0v) is 14.6. The normalized spacial score (nSPS) is 15.3. The molecule has 1 aromatic heterocycles. The minimum absolute atomic E-state index is 0.217. The Bertz CT molecular complexity index is 611. The first-order valence-corrected chi connectivity index (χ1v) is 9.18. The van der Waals surface area contributed by atoms with E-state index in [2.05, 4.69) is 57.8 Å². The molecule has 3 rings (SSSR count). The first-order chi connectivity index (χ1) is 10.3. The van der Waals surface area contributed by atoms with E-state index in [1.165, 1.54) is 16.0 Å². The van der Waals surface area contributed by atoms with Crippen LogP contribution in [-0.2, 0) is 6.42 Å². The van der Waals surface area contributed by atoms with Crippen LogP contribution in [-0.4, -0.2) is 13.2 Å². The average molecular weight is 366 g/mol. The lowest BCUT2D eigenvalue weighted by Crippen LogP contribution is -2.24. The molecule has 0 saturated heterocycles. The maximum Gasteiger partial charge on any atom is 0.127 e. The topological polar surface area (TPSA) is 21.3 Å². The van der Waals surface area contributed by atoms with Crippen LogP contribution < -0.4 is 10.1 Å². The van der Waals surface area contributed by atoms with Crippen molar-refractivity contribution in [3.63, 3.8) is 0 Å². The smallest absolute Gasteiger partial charge is 0.127 e. The Morgan fingerprint density at radius 3 is 3.10 bits per heavy atom. The Hall–Kier alpha value is -0.840. The van der Waals surface area contributed by atoms with Crippen LogP contribution in [0.4, 0.5) is 0 Å². The summed E-state index contributed by atoms with van der Waals surface area (Å²) in [5, 5.41) is 5.82. The number of rotatable bonds is 5. The highest BCUT2D eigenvalue weighted by Gasteiger charge is 2.23. The highest BCUT2D eigenvalue weighted by Crippen LogP contribution is 2.38. The van der Waals surface area contributed by atoms with E-state index in [4.69, 9.17) is 4.74 Å². The molecule has 0 bridgehead atoms. The number of para-hydroxylation sites is 1. The Morgan fingerprint density at radius 2 is 2.33 bits per heavy atom. The van der Waals surface area contributed by atoms with E-state index < -0.39 is 0 Å². The van der Waals surface area contributed by atoms with Gasteiger partial charge in [0.2, 0.25) is 0 Å². The van der Waals surface area contributed by atoms with E-state index in [1.807, 2.05) is 0 Å². The number of thiophene rings is 1. The third-order valence-corrected chi connectivity index (χ3v) is 5.50. The van der Waals surface area contributed by atoms with Gasteiger partial charge in [-0.3, -0.25) is 0 Å². The molecule has 1 atom stereocenters. The second-order valence-corrected chi connectivity index (χ2v) is 7.20. The minimum Gasteiger partial charge on any atom is -0.493 e. The van der Waals surface area contributed by atoms with Gasteiger partial charge in [-0.15, -0.1) is 11.3 Å². The predicted molar refractivity (Wildman–Crippen MR) is 92.4 cm³/mol. The quantitative estimate of drug-likeness (QED) is 0.811. The number of aryl methyl sites for hydroxylation is 1. The molecule has 0 fully saturated rings. The van der Waals surface area contributed by atoms with Gasteiger partial charge in [-0.2, -0.15) is 0 Å². The summed E-state index contributed by atoms with van der Waals surface area (Å²) in [5.74, 6) is 1.10. The highest BCUT2D eigenvalue weighted by molar-refractivity contribution is 9.10. The molecule has 4 heteroatoms.